The maximum absolute atomic E-state index is 9.67. The molecule has 0 aromatic carbocycles. The number of rotatable bonds is 5. The molecule has 0 radical (unpaired) electrons. The Labute approximate surface area is 126 Å². The fraction of sp³-hybridized carbons (Fsp3) is 0.933. The third-order valence-electron chi connectivity index (χ3n) is 4.68. The van der Waals surface area contributed by atoms with Gasteiger partial charge in [-0.25, -0.2) is 4.68 Å². The van der Waals surface area contributed by atoms with Crippen molar-refractivity contribution in [2.75, 3.05) is 13.2 Å². The minimum atomic E-state index is 0.228. The van der Waals surface area contributed by atoms with Crippen LogP contribution in [0.1, 0.15) is 70.8 Å². The number of nitrogens with zero attached hydrogens (tertiary/aromatic N) is 5. The molecule has 0 bridgehead atoms. The minimum Gasteiger partial charge on any atom is -0.395 e. The lowest BCUT2D eigenvalue weighted by Gasteiger charge is -2.31. The Kier molecular flexibility index (Phi) is 4.01. The third kappa shape index (κ3) is 3.26. The summed E-state index contributed by atoms with van der Waals surface area (Å²) in [4.78, 5) is 2.43. The summed E-state index contributed by atoms with van der Waals surface area (Å²) < 4.78 is 2.02. The van der Waals surface area contributed by atoms with Gasteiger partial charge in [0.05, 0.1) is 18.7 Å². The smallest absolute Gasteiger partial charge is 0.168 e. The molecule has 2 atom stereocenters. The highest BCUT2D eigenvalue weighted by Gasteiger charge is 2.39. The van der Waals surface area contributed by atoms with E-state index in [-0.39, 0.29) is 18.7 Å². The molecule has 0 unspecified atom stereocenters. The lowest BCUT2D eigenvalue weighted by Crippen LogP contribution is -2.37. The molecule has 1 saturated carbocycles. The van der Waals surface area contributed by atoms with Crippen molar-refractivity contribution in [1.29, 1.82) is 0 Å². The Bertz CT molecular complexity index is 477. The van der Waals surface area contributed by atoms with Crippen LogP contribution in [-0.2, 0) is 0 Å². The van der Waals surface area contributed by atoms with Crippen molar-refractivity contribution < 1.29 is 5.11 Å². The van der Waals surface area contributed by atoms with Crippen LogP contribution in [0.4, 0.5) is 0 Å². The molecule has 6 heteroatoms. The molecule has 2 fully saturated rings. The second-order valence-electron chi connectivity index (χ2n) is 7.69. The average Bonchev–Trinajstić information content (AvgIpc) is 3.01. The lowest BCUT2D eigenvalue weighted by atomic mass is 9.92. The summed E-state index contributed by atoms with van der Waals surface area (Å²) >= 11 is 0. The van der Waals surface area contributed by atoms with E-state index in [1.807, 2.05) is 4.68 Å². The first-order valence-electron chi connectivity index (χ1n) is 8.14. The standard InChI is InChI=1S/C15H27N5O/c1-15(2,3)8-9-19-12(10-21)6-7-13(19)14-16-17-18-20(14)11-4-5-11/h11-13,21H,4-10H2,1-3H3/t12-,13-/m0/s1. The molecular formula is C15H27N5O. The number of hydrogen-bond donors (Lipinski definition) is 1. The molecule has 1 aromatic heterocycles. The van der Waals surface area contributed by atoms with Crippen molar-refractivity contribution in [3.63, 3.8) is 0 Å². The Morgan fingerprint density at radius 1 is 1.19 bits per heavy atom. The maximum atomic E-state index is 9.67. The third-order valence-corrected chi connectivity index (χ3v) is 4.68. The number of likely N-dealkylation sites (tertiary alicyclic amines) is 1. The quantitative estimate of drug-likeness (QED) is 0.898. The van der Waals surface area contributed by atoms with Gasteiger partial charge < -0.3 is 5.11 Å². The SMILES string of the molecule is CC(C)(C)CCN1[C@H](CO)CC[C@H]1c1nnnn1C1CC1. The van der Waals surface area contributed by atoms with Gasteiger partial charge in [-0.15, -0.1) is 5.10 Å². The van der Waals surface area contributed by atoms with Crippen molar-refractivity contribution in [3.8, 4) is 0 Å². The van der Waals surface area contributed by atoms with E-state index in [1.54, 1.807) is 0 Å². The van der Waals surface area contributed by atoms with Gasteiger partial charge in [-0.1, -0.05) is 20.8 Å². The fourth-order valence-electron chi connectivity index (χ4n) is 3.21. The first kappa shape index (κ1) is 14.9. The summed E-state index contributed by atoms with van der Waals surface area (Å²) in [7, 11) is 0. The molecule has 21 heavy (non-hydrogen) atoms. The van der Waals surface area contributed by atoms with Gasteiger partial charge in [0.1, 0.15) is 0 Å². The Morgan fingerprint density at radius 3 is 2.57 bits per heavy atom. The van der Waals surface area contributed by atoms with Crippen LogP contribution >= 0.6 is 0 Å². The molecule has 3 rings (SSSR count). The highest BCUT2D eigenvalue weighted by Crippen LogP contribution is 2.40. The van der Waals surface area contributed by atoms with E-state index in [1.165, 1.54) is 12.8 Å². The number of tetrazole rings is 1. The van der Waals surface area contributed by atoms with Gasteiger partial charge in [0.2, 0.25) is 0 Å². The molecule has 1 saturated heterocycles. The van der Waals surface area contributed by atoms with E-state index in [4.69, 9.17) is 0 Å². The zero-order valence-electron chi connectivity index (χ0n) is 13.4. The van der Waals surface area contributed by atoms with Gasteiger partial charge in [0.25, 0.3) is 0 Å². The van der Waals surface area contributed by atoms with Crippen molar-refractivity contribution in [2.24, 2.45) is 5.41 Å². The van der Waals surface area contributed by atoms with Crippen molar-refractivity contribution in [1.82, 2.24) is 25.1 Å². The van der Waals surface area contributed by atoms with E-state index >= 15 is 0 Å². The fourth-order valence-corrected chi connectivity index (χ4v) is 3.21. The number of aromatic nitrogens is 4. The second-order valence-corrected chi connectivity index (χ2v) is 7.69. The highest BCUT2D eigenvalue weighted by molar-refractivity contribution is 5.03. The molecule has 1 aliphatic carbocycles. The van der Waals surface area contributed by atoms with E-state index in [0.29, 0.717) is 11.5 Å². The summed E-state index contributed by atoms with van der Waals surface area (Å²) in [5, 5.41) is 22.1. The first-order chi connectivity index (χ1) is 9.99. The molecule has 6 nitrogen and oxygen atoms in total. The minimum absolute atomic E-state index is 0.228. The van der Waals surface area contributed by atoms with Gasteiger partial charge in [-0.2, -0.15) is 0 Å². The molecule has 2 heterocycles. The van der Waals surface area contributed by atoms with Crippen LogP contribution in [0.25, 0.3) is 0 Å². The van der Waals surface area contributed by atoms with Gasteiger partial charge in [0.15, 0.2) is 5.82 Å². The van der Waals surface area contributed by atoms with Gasteiger partial charge in [-0.3, -0.25) is 4.90 Å². The van der Waals surface area contributed by atoms with Crippen LogP contribution < -0.4 is 0 Å². The van der Waals surface area contributed by atoms with E-state index in [2.05, 4.69) is 41.2 Å². The summed E-state index contributed by atoms with van der Waals surface area (Å²) in [6.45, 7) is 8.02. The van der Waals surface area contributed by atoms with Crippen LogP contribution in [0, 0.1) is 5.41 Å². The molecule has 1 aromatic rings. The predicted molar refractivity (Wildman–Crippen MR) is 79.7 cm³/mol. The second kappa shape index (κ2) is 5.65. The summed E-state index contributed by atoms with van der Waals surface area (Å²) in [6.07, 6.45) is 5.57. The topological polar surface area (TPSA) is 67.1 Å². The zero-order chi connectivity index (χ0) is 15.0. The van der Waals surface area contributed by atoms with Gasteiger partial charge in [-0.05, 0) is 54.5 Å². The Morgan fingerprint density at radius 2 is 1.95 bits per heavy atom. The molecule has 2 aliphatic rings. The zero-order valence-corrected chi connectivity index (χ0v) is 13.4. The molecule has 0 spiro atoms. The van der Waals surface area contributed by atoms with Crippen molar-refractivity contribution in [3.05, 3.63) is 5.82 Å². The molecular weight excluding hydrogens is 266 g/mol. The average molecular weight is 293 g/mol. The van der Waals surface area contributed by atoms with Crippen LogP contribution in [0.15, 0.2) is 0 Å². The highest BCUT2D eigenvalue weighted by atomic mass is 16.3. The van der Waals surface area contributed by atoms with Crippen LogP contribution in [0.5, 0.6) is 0 Å². The van der Waals surface area contributed by atoms with Crippen LogP contribution in [0.3, 0.4) is 0 Å². The Balaban J connectivity index is 1.77. The van der Waals surface area contributed by atoms with Gasteiger partial charge in [0, 0.05) is 6.04 Å². The summed E-state index contributed by atoms with van der Waals surface area (Å²) in [5.74, 6) is 1.00. The largest absolute Gasteiger partial charge is 0.395 e. The summed E-state index contributed by atoms with van der Waals surface area (Å²) in [6, 6.07) is 1.02. The summed E-state index contributed by atoms with van der Waals surface area (Å²) in [5.41, 5.74) is 0.301. The van der Waals surface area contributed by atoms with Crippen LogP contribution in [-0.4, -0.2) is 49.4 Å². The van der Waals surface area contributed by atoms with Crippen molar-refractivity contribution in [2.45, 2.75) is 71.0 Å². The first-order valence-corrected chi connectivity index (χ1v) is 8.14. The maximum Gasteiger partial charge on any atom is 0.168 e. The van der Waals surface area contributed by atoms with Gasteiger partial charge >= 0.3 is 0 Å². The van der Waals surface area contributed by atoms with E-state index in [9.17, 15) is 5.11 Å². The Hall–Kier alpha value is -1.01. The molecule has 0 amide bonds. The molecule has 1 N–H and O–H groups in total. The van der Waals surface area contributed by atoms with Crippen molar-refractivity contribution >= 4 is 0 Å². The number of hydrogen-bond acceptors (Lipinski definition) is 5. The molecule has 1 aliphatic heterocycles. The van der Waals surface area contributed by atoms with Crippen LogP contribution in [0.2, 0.25) is 0 Å². The normalized spacial score (nSPS) is 27.4. The number of aliphatic hydroxyl groups excluding tert-OH is 1. The van der Waals surface area contributed by atoms with E-state index in [0.717, 1.165) is 31.6 Å². The van der Waals surface area contributed by atoms with E-state index < -0.39 is 0 Å². The number of aliphatic hydroxyl groups is 1. The predicted octanol–water partition coefficient (Wildman–Crippen LogP) is 1.94. The monoisotopic (exact) mass is 293 g/mol. The lowest BCUT2D eigenvalue weighted by molar-refractivity contribution is 0.110. The molecule has 118 valence electrons.